The van der Waals surface area contributed by atoms with Crippen molar-refractivity contribution in [2.24, 2.45) is 0 Å². The number of rotatable bonds is 4. The maximum absolute atomic E-state index is 11.4. The zero-order valence-electron chi connectivity index (χ0n) is 10.9. The monoisotopic (exact) mass is 245 g/mol. The van der Waals surface area contributed by atoms with Crippen molar-refractivity contribution in [2.45, 2.75) is 38.1 Å². The van der Waals surface area contributed by atoms with E-state index < -0.39 is 6.10 Å². The molecule has 0 saturated carbocycles. The predicted molar refractivity (Wildman–Crippen MR) is 64.9 cm³/mol. The van der Waals surface area contributed by atoms with Crippen molar-refractivity contribution in [1.82, 2.24) is 15.5 Å². The highest BCUT2D eigenvalue weighted by atomic mass is 16.5. The molecule has 1 heterocycles. The van der Waals surface area contributed by atoms with Crippen LogP contribution in [0.4, 0.5) is 4.79 Å². The maximum atomic E-state index is 11.4. The van der Waals surface area contributed by atoms with Gasteiger partial charge in [-0.25, -0.2) is 4.79 Å². The van der Waals surface area contributed by atoms with Crippen LogP contribution in [-0.4, -0.2) is 67.6 Å². The van der Waals surface area contributed by atoms with Gasteiger partial charge in [-0.05, 0) is 27.9 Å². The van der Waals surface area contributed by atoms with Gasteiger partial charge in [0.2, 0.25) is 0 Å². The van der Waals surface area contributed by atoms with Crippen LogP contribution in [0.5, 0.6) is 0 Å². The molecule has 100 valence electrons. The van der Waals surface area contributed by atoms with Crippen LogP contribution in [0.3, 0.4) is 0 Å². The molecule has 0 aromatic rings. The van der Waals surface area contributed by atoms with E-state index in [4.69, 9.17) is 4.74 Å². The Morgan fingerprint density at radius 3 is 2.65 bits per heavy atom. The lowest BCUT2D eigenvalue weighted by molar-refractivity contribution is 0.0384. The number of ether oxygens (including phenoxy) is 1. The first-order chi connectivity index (χ1) is 7.91. The van der Waals surface area contributed by atoms with Crippen molar-refractivity contribution < 1.29 is 14.6 Å². The Kier molecular flexibility index (Phi) is 5.17. The number of nitrogens with zero attached hydrogens (tertiary/aromatic N) is 1. The quantitative estimate of drug-likeness (QED) is 0.617. The number of urea groups is 1. The summed E-state index contributed by atoms with van der Waals surface area (Å²) in [5.41, 5.74) is 0. The van der Waals surface area contributed by atoms with Gasteiger partial charge in [-0.1, -0.05) is 0 Å². The molecule has 6 nitrogen and oxygen atoms in total. The molecule has 0 unspecified atom stereocenters. The van der Waals surface area contributed by atoms with Gasteiger partial charge in [0.1, 0.15) is 6.10 Å². The first kappa shape index (κ1) is 14.2. The Morgan fingerprint density at radius 2 is 2.18 bits per heavy atom. The second-order valence-corrected chi connectivity index (χ2v) is 4.90. The van der Waals surface area contributed by atoms with E-state index in [-0.39, 0.29) is 24.2 Å². The third kappa shape index (κ3) is 4.14. The first-order valence-electron chi connectivity index (χ1n) is 5.92. The number of aliphatic hydroxyl groups is 1. The Hall–Kier alpha value is -0.850. The van der Waals surface area contributed by atoms with Crippen LogP contribution in [0.15, 0.2) is 0 Å². The summed E-state index contributed by atoms with van der Waals surface area (Å²) in [7, 11) is 3.80. The predicted octanol–water partition coefficient (Wildman–Crippen LogP) is -0.616. The molecule has 2 amide bonds. The van der Waals surface area contributed by atoms with E-state index in [2.05, 4.69) is 10.6 Å². The minimum Gasteiger partial charge on any atom is -0.389 e. The van der Waals surface area contributed by atoms with E-state index in [9.17, 15) is 9.90 Å². The molecule has 0 radical (unpaired) electrons. The number of likely N-dealkylation sites (N-methyl/N-ethyl adjacent to an activating group) is 1. The number of nitrogens with one attached hydrogen (secondary N) is 2. The van der Waals surface area contributed by atoms with Crippen LogP contribution in [-0.2, 0) is 4.74 Å². The summed E-state index contributed by atoms with van der Waals surface area (Å²) in [5, 5.41) is 15.4. The fourth-order valence-corrected chi connectivity index (χ4v) is 1.81. The van der Waals surface area contributed by atoms with Crippen molar-refractivity contribution in [3.8, 4) is 0 Å². The van der Waals surface area contributed by atoms with Crippen LogP contribution < -0.4 is 10.6 Å². The second-order valence-electron chi connectivity index (χ2n) is 4.90. The van der Waals surface area contributed by atoms with E-state index in [1.54, 1.807) is 0 Å². The summed E-state index contributed by atoms with van der Waals surface area (Å²) in [5.74, 6) is 0. The molecule has 0 spiro atoms. The molecule has 1 fully saturated rings. The van der Waals surface area contributed by atoms with Gasteiger partial charge in [0, 0.05) is 12.6 Å². The molecule has 0 aromatic heterocycles. The number of hydrogen-bond acceptors (Lipinski definition) is 4. The number of carbonyl (C=O) groups excluding carboxylic acids is 1. The normalized spacial score (nSPS) is 28.8. The number of aliphatic hydroxyl groups excluding tert-OH is 1. The fourth-order valence-electron chi connectivity index (χ4n) is 1.81. The standard InChI is InChI=1S/C11H23N3O3/c1-7(2)13-11(16)12-5-9-10(15)8(6-17-9)14(3)4/h7-10,15H,5-6H2,1-4H3,(H2,12,13,16)/t8-,9-,10+/m1/s1. The van der Waals surface area contributed by atoms with Crippen molar-refractivity contribution >= 4 is 6.03 Å². The van der Waals surface area contributed by atoms with E-state index >= 15 is 0 Å². The summed E-state index contributed by atoms with van der Waals surface area (Å²) in [6.07, 6.45) is -0.898. The third-order valence-corrected chi connectivity index (χ3v) is 2.80. The van der Waals surface area contributed by atoms with Gasteiger partial charge < -0.3 is 25.4 Å². The molecule has 3 atom stereocenters. The highest BCUT2D eigenvalue weighted by molar-refractivity contribution is 5.74. The van der Waals surface area contributed by atoms with Crippen LogP contribution in [0.1, 0.15) is 13.8 Å². The van der Waals surface area contributed by atoms with Gasteiger partial charge in [-0.2, -0.15) is 0 Å². The average Bonchev–Trinajstić information content (AvgIpc) is 2.55. The van der Waals surface area contributed by atoms with Gasteiger partial charge in [-0.3, -0.25) is 0 Å². The van der Waals surface area contributed by atoms with Gasteiger partial charge in [-0.15, -0.1) is 0 Å². The van der Waals surface area contributed by atoms with E-state index in [0.717, 1.165) is 0 Å². The van der Waals surface area contributed by atoms with Crippen molar-refractivity contribution in [1.29, 1.82) is 0 Å². The van der Waals surface area contributed by atoms with Gasteiger partial charge in [0.25, 0.3) is 0 Å². The molecule has 1 rings (SSSR count). The Labute approximate surface area is 102 Å². The van der Waals surface area contributed by atoms with E-state index in [1.807, 2.05) is 32.8 Å². The number of hydrogen-bond donors (Lipinski definition) is 3. The summed E-state index contributed by atoms with van der Waals surface area (Å²) in [4.78, 5) is 13.3. The maximum Gasteiger partial charge on any atom is 0.315 e. The minimum absolute atomic E-state index is 0.00467. The third-order valence-electron chi connectivity index (χ3n) is 2.80. The molecule has 17 heavy (non-hydrogen) atoms. The Balaban J connectivity index is 2.31. The molecule has 0 bridgehead atoms. The summed E-state index contributed by atoms with van der Waals surface area (Å²) in [6, 6.07) is -0.141. The summed E-state index contributed by atoms with van der Waals surface area (Å²) < 4.78 is 5.46. The minimum atomic E-state index is -0.565. The Bertz CT molecular complexity index is 258. The number of amides is 2. The lowest BCUT2D eigenvalue weighted by atomic mass is 10.1. The van der Waals surface area contributed by atoms with E-state index in [1.165, 1.54) is 0 Å². The van der Waals surface area contributed by atoms with E-state index in [0.29, 0.717) is 13.2 Å². The summed E-state index contributed by atoms with van der Waals surface area (Å²) >= 11 is 0. The number of carbonyl (C=O) groups is 1. The zero-order chi connectivity index (χ0) is 13.0. The molecule has 0 aliphatic carbocycles. The highest BCUT2D eigenvalue weighted by Crippen LogP contribution is 2.17. The molecule has 1 aliphatic rings. The lowest BCUT2D eigenvalue weighted by Gasteiger charge is -2.23. The molecular weight excluding hydrogens is 222 g/mol. The molecule has 0 aromatic carbocycles. The smallest absolute Gasteiger partial charge is 0.315 e. The van der Waals surface area contributed by atoms with Crippen molar-refractivity contribution in [3.05, 3.63) is 0 Å². The zero-order valence-corrected chi connectivity index (χ0v) is 10.9. The summed E-state index contributed by atoms with van der Waals surface area (Å²) in [6.45, 7) is 4.60. The molecule has 6 heteroatoms. The largest absolute Gasteiger partial charge is 0.389 e. The average molecular weight is 245 g/mol. The van der Waals surface area contributed by atoms with Crippen LogP contribution >= 0.6 is 0 Å². The molecule has 3 N–H and O–H groups in total. The first-order valence-corrected chi connectivity index (χ1v) is 5.92. The van der Waals surface area contributed by atoms with Crippen LogP contribution in [0.2, 0.25) is 0 Å². The van der Waals surface area contributed by atoms with Crippen molar-refractivity contribution in [3.63, 3.8) is 0 Å². The van der Waals surface area contributed by atoms with Crippen molar-refractivity contribution in [2.75, 3.05) is 27.2 Å². The topological polar surface area (TPSA) is 73.8 Å². The second kappa shape index (κ2) is 6.18. The fraction of sp³-hybridized carbons (Fsp3) is 0.909. The SMILES string of the molecule is CC(C)NC(=O)NC[C@H]1OC[C@@H](N(C)C)[C@@H]1O. The van der Waals surface area contributed by atoms with Gasteiger partial charge in [0.05, 0.1) is 18.8 Å². The van der Waals surface area contributed by atoms with Gasteiger partial charge >= 0.3 is 6.03 Å². The molecule has 1 aliphatic heterocycles. The highest BCUT2D eigenvalue weighted by Gasteiger charge is 2.37. The molecule has 1 saturated heterocycles. The lowest BCUT2D eigenvalue weighted by Crippen LogP contribution is -2.47. The van der Waals surface area contributed by atoms with Gasteiger partial charge in [0.15, 0.2) is 0 Å². The van der Waals surface area contributed by atoms with Crippen LogP contribution in [0.25, 0.3) is 0 Å². The Morgan fingerprint density at radius 1 is 1.53 bits per heavy atom. The van der Waals surface area contributed by atoms with Crippen LogP contribution in [0, 0.1) is 0 Å². The molecular formula is C11H23N3O3.